The molecule has 1 fully saturated rings. The van der Waals surface area contributed by atoms with Crippen molar-refractivity contribution in [1.29, 1.82) is 0 Å². The Balaban J connectivity index is 1.95. The first-order valence-corrected chi connectivity index (χ1v) is 7.49. The molecule has 19 heavy (non-hydrogen) atoms. The van der Waals surface area contributed by atoms with Crippen molar-refractivity contribution in [2.45, 2.75) is 52.0 Å². The predicted octanol–water partition coefficient (Wildman–Crippen LogP) is 3.40. The number of anilines is 1. The van der Waals surface area contributed by atoms with Crippen molar-refractivity contribution in [1.82, 2.24) is 4.57 Å². The lowest BCUT2D eigenvalue weighted by Crippen LogP contribution is -2.21. The van der Waals surface area contributed by atoms with E-state index in [1.165, 1.54) is 32.1 Å². The second-order valence-electron chi connectivity index (χ2n) is 6.22. The highest BCUT2D eigenvalue weighted by molar-refractivity contribution is 5.41. The number of nitrogens with zero attached hydrogens (tertiary/aromatic N) is 1. The third-order valence-corrected chi connectivity index (χ3v) is 4.41. The van der Waals surface area contributed by atoms with E-state index in [1.807, 2.05) is 12.3 Å². The molecule has 0 radical (unpaired) electrons. The summed E-state index contributed by atoms with van der Waals surface area (Å²) in [7, 11) is 1.80. The molecule has 106 valence electrons. The number of hydrogen-bond acceptors (Lipinski definition) is 2. The van der Waals surface area contributed by atoms with Gasteiger partial charge in [0.25, 0.3) is 0 Å². The number of rotatable bonds is 3. The van der Waals surface area contributed by atoms with Crippen molar-refractivity contribution in [2.75, 3.05) is 5.32 Å². The van der Waals surface area contributed by atoms with Gasteiger partial charge in [-0.15, -0.1) is 0 Å². The average molecular weight is 262 g/mol. The van der Waals surface area contributed by atoms with Crippen molar-refractivity contribution in [2.24, 2.45) is 18.9 Å². The number of aromatic nitrogens is 1. The van der Waals surface area contributed by atoms with Crippen LogP contribution in [0.2, 0.25) is 0 Å². The SMILES string of the molecule is CC(C)C1CCCC(Nc2ccc(=O)n(C)c2)CC1. The van der Waals surface area contributed by atoms with E-state index in [0.717, 1.165) is 17.5 Å². The second-order valence-corrected chi connectivity index (χ2v) is 6.22. The van der Waals surface area contributed by atoms with E-state index < -0.39 is 0 Å². The van der Waals surface area contributed by atoms with E-state index in [9.17, 15) is 4.79 Å². The van der Waals surface area contributed by atoms with Crippen LogP contribution in [0.25, 0.3) is 0 Å². The van der Waals surface area contributed by atoms with Gasteiger partial charge in [0.2, 0.25) is 5.56 Å². The maximum Gasteiger partial charge on any atom is 0.250 e. The molecule has 1 aromatic rings. The summed E-state index contributed by atoms with van der Waals surface area (Å²) in [5, 5.41) is 3.59. The van der Waals surface area contributed by atoms with Crippen molar-refractivity contribution in [3.05, 3.63) is 28.7 Å². The molecule has 2 unspecified atom stereocenters. The lowest BCUT2D eigenvalue weighted by molar-refractivity contribution is 0.341. The van der Waals surface area contributed by atoms with Gasteiger partial charge in [0.15, 0.2) is 0 Å². The quantitative estimate of drug-likeness (QED) is 0.847. The molecule has 1 saturated carbocycles. The van der Waals surface area contributed by atoms with Gasteiger partial charge in [-0.25, -0.2) is 0 Å². The molecule has 2 atom stereocenters. The average Bonchev–Trinajstić information content (AvgIpc) is 2.59. The van der Waals surface area contributed by atoms with Crippen LogP contribution < -0.4 is 10.9 Å². The van der Waals surface area contributed by atoms with E-state index in [0.29, 0.717) is 6.04 Å². The van der Waals surface area contributed by atoms with Gasteiger partial charge in [-0.1, -0.05) is 26.7 Å². The molecule has 0 saturated heterocycles. The Kier molecular flexibility index (Phi) is 4.67. The molecule has 0 aliphatic heterocycles. The molecule has 1 aliphatic rings. The summed E-state index contributed by atoms with van der Waals surface area (Å²) in [5.41, 5.74) is 1.11. The Morgan fingerprint density at radius 2 is 2.00 bits per heavy atom. The monoisotopic (exact) mass is 262 g/mol. The standard InChI is InChI=1S/C16H26N2O/c1-12(2)13-5-4-6-14(8-7-13)17-15-9-10-16(19)18(3)11-15/h9-14,17H,4-8H2,1-3H3. The molecule has 3 heteroatoms. The van der Waals surface area contributed by atoms with Gasteiger partial charge >= 0.3 is 0 Å². The first-order valence-electron chi connectivity index (χ1n) is 7.49. The molecule has 1 aromatic heterocycles. The molecule has 0 spiro atoms. The highest BCUT2D eigenvalue weighted by Gasteiger charge is 2.20. The van der Waals surface area contributed by atoms with Crippen molar-refractivity contribution in [3.63, 3.8) is 0 Å². The summed E-state index contributed by atoms with van der Waals surface area (Å²) in [4.78, 5) is 11.4. The van der Waals surface area contributed by atoms with E-state index in [1.54, 1.807) is 17.7 Å². The Bertz CT molecular complexity index is 464. The smallest absolute Gasteiger partial charge is 0.250 e. The van der Waals surface area contributed by atoms with E-state index in [-0.39, 0.29) is 5.56 Å². The summed E-state index contributed by atoms with van der Waals surface area (Å²) in [6.45, 7) is 4.68. The molecular weight excluding hydrogens is 236 g/mol. The van der Waals surface area contributed by atoms with Gasteiger partial charge in [0.05, 0.1) is 5.69 Å². The molecule has 0 aromatic carbocycles. The largest absolute Gasteiger partial charge is 0.381 e. The fourth-order valence-electron chi connectivity index (χ4n) is 3.06. The van der Waals surface area contributed by atoms with Crippen LogP contribution >= 0.6 is 0 Å². The molecule has 3 nitrogen and oxygen atoms in total. The lowest BCUT2D eigenvalue weighted by atomic mass is 9.89. The van der Waals surface area contributed by atoms with Crippen LogP contribution in [-0.4, -0.2) is 10.6 Å². The van der Waals surface area contributed by atoms with Crippen LogP contribution in [-0.2, 0) is 7.05 Å². The van der Waals surface area contributed by atoms with Gasteiger partial charge in [0.1, 0.15) is 0 Å². The summed E-state index contributed by atoms with van der Waals surface area (Å²) in [6.07, 6.45) is 8.38. The zero-order chi connectivity index (χ0) is 13.8. The summed E-state index contributed by atoms with van der Waals surface area (Å²) >= 11 is 0. The Morgan fingerprint density at radius 1 is 1.21 bits per heavy atom. The zero-order valence-corrected chi connectivity index (χ0v) is 12.4. The molecule has 1 aliphatic carbocycles. The molecule has 1 heterocycles. The highest BCUT2D eigenvalue weighted by Crippen LogP contribution is 2.29. The van der Waals surface area contributed by atoms with Crippen molar-refractivity contribution < 1.29 is 0 Å². The van der Waals surface area contributed by atoms with E-state index in [2.05, 4.69) is 19.2 Å². The normalized spacial score (nSPS) is 24.2. The van der Waals surface area contributed by atoms with Gasteiger partial charge < -0.3 is 9.88 Å². The van der Waals surface area contributed by atoms with Crippen LogP contribution in [0.4, 0.5) is 5.69 Å². The first kappa shape index (κ1) is 14.2. The Hall–Kier alpha value is -1.25. The topological polar surface area (TPSA) is 34.0 Å². The lowest BCUT2D eigenvalue weighted by Gasteiger charge is -2.20. The molecule has 1 N–H and O–H groups in total. The molecule has 0 bridgehead atoms. The summed E-state index contributed by atoms with van der Waals surface area (Å²) < 4.78 is 1.63. The van der Waals surface area contributed by atoms with E-state index in [4.69, 9.17) is 0 Å². The maximum absolute atomic E-state index is 11.4. The minimum atomic E-state index is 0.0475. The van der Waals surface area contributed by atoms with E-state index >= 15 is 0 Å². The molecule has 2 rings (SSSR count). The third-order valence-electron chi connectivity index (χ3n) is 4.41. The van der Waals surface area contributed by atoms with Crippen LogP contribution in [0, 0.1) is 11.8 Å². The van der Waals surface area contributed by atoms with Crippen molar-refractivity contribution in [3.8, 4) is 0 Å². The summed E-state index contributed by atoms with van der Waals surface area (Å²) in [5.74, 6) is 1.68. The van der Waals surface area contributed by atoms with Gasteiger partial charge in [-0.2, -0.15) is 0 Å². The number of hydrogen-bond donors (Lipinski definition) is 1. The van der Waals surface area contributed by atoms with Crippen LogP contribution in [0.15, 0.2) is 23.1 Å². The van der Waals surface area contributed by atoms with Gasteiger partial charge in [-0.05, 0) is 37.2 Å². The third kappa shape index (κ3) is 3.85. The predicted molar refractivity (Wildman–Crippen MR) is 80.5 cm³/mol. The number of aryl methyl sites for hydroxylation is 1. The Morgan fingerprint density at radius 3 is 2.68 bits per heavy atom. The zero-order valence-electron chi connectivity index (χ0n) is 12.4. The minimum Gasteiger partial charge on any atom is -0.381 e. The van der Waals surface area contributed by atoms with Gasteiger partial charge in [-0.3, -0.25) is 4.79 Å². The minimum absolute atomic E-state index is 0.0475. The fourth-order valence-corrected chi connectivity index (χ4v) is 3.06. The molecule has 0 amide bonds. The Labute approximate surface area is 116 Å². The maximum atomic E-state index is 11.4. The summed E-state index contributed by atoms with van der Waals surface area (Å²) in [6, 6.07) is 4.09. The van der Waals surface area contributed by atoms with Crippen LogP contribution in [0.5, 0.6) is 0 Å². The molecular formula is C16H26N2O. The first-order chi connectivity index (χ1) is 9.06. The van der Waals surface area contributed by atoms with Crippen LogP contribution in [0.1, 0.15) is 46.0 Å². The highest BCUT2D eigenvalue weighted by atomic mass is 16.1. The number of nitrogens with one attached hydrogen (secondary N) is 1. The van der Waals surface area contributed by atoms with Gasteiger partial charge in [0, 0.05) is 25.4 Å². The number of pyridine rings is 1. The van der Waals surface area contributed by atoms with Crippen molar-refractivity contribution >= 4 is 5.69 Å². The fraction of sp³-hybridized carbons (Fsp3) is 0.688. The van der Waals surface area contributed by atoms with Crippen LogP contribution in [0.3, 0.4) is 0 Å². The second kappa shape index (κ2) is 6.27.